The van der Waals surface area contributed by atoms with Gasteiger partial charge in [0, 0.05) is 32.4 Å². The number of nitrogens with zero attached hydrogens (tertiary/aromatic N) is 3. The summed E-state index contributed by atoms with van der Waals surface area (Å²) >= 11 is 0. The average molecular weight is 332 g/mol. The molecular formula is C19H33N5. The Hall–Kier alpha value is -1.52. The highest BCUT2D eigenvalue weighted by molar-refractivity contribution is 5.80. The van der Waals surface area contributed by atoms with Gasteiger partial charge in [-0.1, -0.05) is 6.42 Å². The van der Waals surface area contributed by atoms with E-state index in [4.69, 9.17) is 0 Å². The summed E-state index contributed by atoms with van der Waals surface area (Å²) in [5.74, 6) is 1.91. The quantitative estimate of drug-likeness (QED) is 0.622. The molecule has 3 rings (SSSR count). The van der Waals surface area contributed by atoms with Crippen molar-refractivity contribution in [1.82, 2.24) is 20.4 Å². The molecule has 0 radical (unpaired) electrons. The van der Waals surface area contributed by atoms with E-state index >= 15 is 0 Å². The van der Waals surface area contributed by atoms with Gasteiger partial charge in [-0.25, -0.2) is 0 Å². The van der Waals surface area contributed by atoms with Gasteiger partial charge in [0.05, 0.1) is 5.69 Å². The minimum Gasteiger partial charge on any atom is -0.356 e. The van der Waals surface area contributed by atoms with Crippen LogP contribution in [0.2, 0.25) is 0 Å². The van der Waals surface area contributed by atoms with Crippen LogP contribution in [-0.2, 0) is 13.5 Å². The molecule has 2 aliphatic rings. The van der Waals surface area contributed by atoms with Crippen LogP contribution in [0.3, 0.4) is 0 Å². The summed E-state index contributed by atoms with van der Waals surface area (Å²) in [6.45, 7) is 7.54. The Balaban J connectivity index is 1.53. The topological polar surface area (TPSA) is 54.2 Å². The zero-order valence-corrected chi connectivity index (χ0v) is 15.9. The fraction of sp³-hybridized carbons (Fsp3) is 0.789. The Morgan fingerprint density at radius 2 is 2.08 bits per heavy atom. The van der Waals surface area contributed by atoms with Crippen molar-refractivity contribution in [3.8, 4) is 0 Å². The van der Waals surface area contributed by atoms with Crippen molar-refractivity contribution in [2.75, 3.05) is 13.6 Å². The summed E-state index contributed by atoms with van der Waals surface area (Å²) in [4.78, 5) is 4.43. The molecular weight excluding hydrogens is 298 g/mol. The highest BCUT2D eigenvalue weighted by Crippen LogP contribution is 2.56. The molecule has 2 N–H and O–H groups in total. The lowest BCUT2D eigenvalue weighted by Gasteiger charge is -2.43. The van der Waals surface area contributed by atoms with Crippen LogP contribution in [0.4, 0.5) is 0 Å². The van der Waals surface area contributed by atoms with Crippen LogP contribution in [0, 0.1) is 25.2 Å². The lowest BCUT2D eigenvalue weighted by Crippen LogP contribution is -2.49. The van der Waals surface area contributed by atoms with E-state index in [9.17, 15) is 0 Å². The van der Waals surface area contributed by atoms with Gasteiger partial charge >= 0.3 is 0 Å². The maximum absolute atomic E-state index is 4.52. The number of hydrogen-bond acceptors (Lipinski definition) is 2. The van der Waals surface area contributed by atoms with E-state index in [1.54, 1.807) is 0 Å². The second kappa shape index (κ2) is 6.77. The van der Waals surface area contributed by atoms with Gasteiger partial charge in [-0.05, 0) is 69.8 Å². The molecule has 2 saturated carbocycles. The zero-order chi connectivity index (χ0) is 17.3. The van der Waals surface area contributed by atoms with Crippen molar-refractivity contribution in [1.29, 1.82) is 0 Å². The minimum atomic E-state index is 0.330. The lowest BCUT2D eigenvalue weighted by molar-refractivity contribution is 0.106. The van der Waals surface area contributed by atoms with E-state index < -0.39 is 0 Å². The smallest absolute Gasteiger partial charge is 0.191 e. The SMILES string of the molecule is CN=C(NCC1(C2CC2)CCC1)NC(C)Cc1c(C)nn(C)c1C. The fourth-order valence-electron chi connectivity index (χ4n) is 4.21. The molecule has 5 nitrogen and oxygen atoms in total. The molecule has 0 aliphatic heterocycles. The van der Waals surface area contributed by atoms with Crippen molar-refractivity contribution < 1.29 is 0 Å². The molecule has 2 fully saturated rings. The van der Waals surface area contributed by atoms with E-state index in [0.29, 0.717) is 11.5 Å². The third kappa shape index (κ3) is 3.45. The van der Waals surface area contributed by atoms with Crippen LogP contribution < -0.4 is 10.6 Å². The Labute approximate surface area is 146 Å². The largest absolute Gasteiger partial charge is 0.356 e. The predicted molar refractivity (Wildman–Crippen MR) is 99.4 cm³/mol. The average Bonchev–Trinajstić information content (AvgIpc) is 3.31. The normalized spacial score (nSPS) is 21.3. The van der Waals surface area contributed by atoms with Crippen LogP contribution in [0.1, 0.15) is 56.0 Å². The van der Waals surface area contributed by atoms with Crippen LogP contribution >= 0.6 is 0 Å². The molecule has 0 saturated heterocycles. The van der Waals surface area contributed by atoms with Crippen LogP contribution in [-0.4, -0.2) is 35.4 Å². The van der Waals surface area contributed by atoms with E-state index in [0.717, 1.165) is 30.5 Å². The van der Waals surface area contributed by atoms with Gasteiger partial charge in [0.15, 0.2) is 5.96 Å². The summed E-state index contributed by atoms with van der Waals surface area (Å²) < 4.78 is 1.97. The summed E-state index contributed by atoms with van der Waals surface area (Å²) in [6, 6.07) is 0.330. The molecule has 1 atom stereocenters. The zero-order valence-electron chi connectivity index (χ0n) is 15.9. The van der Waals surface area contributed by atoms with Crippen LogP contribution in [0.25, 0.3) is 0 Å². The summed E-state index contributed by atoms with van der Waals surface area (Å²) in [5, 5.41) is 11.7. The fourth-order valence-corrected chi connectivity index (χ4v) is 4.21. The molecule has 5 heteroatoms. The van der Waals surface area contributed by atoms with Crippen molar-refractivity contribution in [2.45, 2.75) is 65.3 Å². The van der Waals surface area contributed by atoms with Gasteiger partial charge in [0.25, 0.3) is 0 Å². The number of aryl methyl sites for hydroxylation is 2. The van der Waals surface area contributed by atoms with Crippen molar-refractivity contribution in [2.24, 2.45) is 23.4 Å². The Morgan fingerprint density at radius 3 is 2.54 bits per heavy atom. The van der Waals surface area contributed by atoms with E-state index in [-0.39, 0.29) is 0 Å². The van der Waals surface area contributed by atoms with Gasteiger partial charge in [-0.3, -0.25) is 9.67 Å². The Morgan fingerprint density at radius 1 is 1.38 bits per heavy atom. The number of hydrogen-bond donors (Lipinski definition) is 2. The van der Waals surface area contributed by atoms with Gasteiger partial charge in [0.1, 0.15) is 0 Å². The molecule has 1 unspecified atom stereocenters. The van der Waals surface area contributed by atoms with Gasteiger partial charge in [-0.15, -0.1) is 0 Å². The maximum Gasteiger partial charge on any atom is 0.191 e. The maximum atomic E-state index is 4.52. The lowest BCUT2D eigenvalue weighted by atomic mass is 9.65. The molecule has 134 valence electrons. The van der Waals surface area contributed by atoms with Crippen LogP contribution in [0.15, 0.2) is 4.99 Å². The van der Waals surface area contributed by atoms with Crippen molar-refractivity contribution >= 4 is 5.96 Å². The predicted octanol–water partition coefficient (Wildman–Crippen LogP) is 2.71. The highest BCUT2D eigenvalue weighted by atomic mass is 15.3. The first-order valence-corrected chi connectivity index (χ1v) is 9.41. The third-order valence-electron chi connectivity index (χ3n) is 6.18. The monoisotopic (exact) mass is 331 g/mol. The molecule has 0 spiro atoms. The van der Waals surface area contributed by atoms with E-state index in [2.05, 4.69) is 41.5 Å². The van der Waals surface area contributed by atoms with Gasteiger partial charge < -0.3 is 10.6 Å². The molecule has 1 aromatic heterocycles. The van der Waals surface area contributed by atoms with Crippen molar-refractivity contribution in [3.63, 3.8) is 0 Å². The molecule has 0 bridgehead atoms. The minimum absolute atomic E-state index is 0.330. The first-order chi connectivity index (χ1) is 11.4. The number of guanidine groups is 1. The summed E-state index contributed by atoms with van der Waals surface area (Å²) in [5.41, 5.74) is 4.30. The number of rotatable bonds is 6. The number of aliphatic imine (C=N–C) groups is 1. The number of aromatic nitrogens is 2. The molecule has 1 aromatic rings. The number of nitrogens with one attached hydrogen (secondary N) is 2. The molecule has 0 aromatic carbocycles. The second-order valence-electron chi connectivity index (χ2n) is 7.94. The summed E-state index contributed by atoms with van der Waals surface area (Å²) in [6.07, 6.45) is 8.03. The first kappa shape index (κ1) is 17.3. The van der Waals surface area contributed by atoms with E-state index in [1.807, 2.05) is 18.8 Å². The first-order valence-electron chi connectivity index (χ1n) is 9.41. The van der Waals surface area contributed by atoms with Gasteiger partial charge in [-0.2, -0.15) is 5.10 Å². The van der Waals surface area contributed by atoms with E-state index in [1.165, 1.54) is 43.4 Å². The third-order valence-corrected chi connectivity index (χ3v) is 6.18. The Bertz CT molecular complexity index is 608. The molecule has 1 heterocycles. The Kier molecular flexibility index (Phi) is 4.88. The van der Waals surface area contributed by atoms with Crippen LogP contribution in [0.5, 0.6) is 0 Å². The molecule has 2 aliphatic carbocycles. The molecule has 24 heavy (non-hydrogen) atoms. The summed E-state index contributed by atoms with van der Waals surface area (Å²) in [7, 11) is 3.88. The standard InChI is InChI=1S/C19H33N5/c1-13(11-17-14(2)23-24(5)15(17)3)22-18(20-4)21-12-19(9-6-10-19)16-7-8-16/h13,16H,6-12H2,1-5H3,(H2,20,21,22). The molecule has 0 amide bonds. The highest BCUT2D eigenvalue weighted by Gasteiger charge is 2.48. The second-order valence-corrected chi connectivity index (χ2v) is 7.94. The van der Waals surface area contributed by atoms with Crippen molar-refractivity contribution in [3.05, 3.63) is 17.0 Å². The van der Waals surface area contributed by atoms with Gasteiger partial charge in [0.2, 0.25) is 0 Å².